The molecular weight excluding hydrogens is 422 g/mol. The van der Waals surface area contributed by atoms with Crippen LogP contribution < -0.4 is 9.64 Å². The molecule has 1 unspecified atom stereocenters. The van der Waals surface area contributed by atoms with E-state index in [1.807, 2.05) is 29.2 Å². The average Bonchev–Trinajstić information content (AvgIpc) is 3.38. The molecular formula is C29H35N3O2. The maximum Gasteiger partial charge on any atom is 0.231 e. The van der Waals surface area contributed by atoms with Crippen LogP contribution in [-0.2, 0) is 4.79 Å². The number of amides is 1. The van der Waals surface area contributed by atoms with Crippen molar-refractivity contribution in [3.8, 4) is 5.75 Å². The number of hydrogen-bond acceptors (Lipinski definition) is 4. The molecule has 178 valence electrons. The molecule has 3 aromatic rings. The maximum atomic E-state index is 13.4. The van der Waals surface area contributed by atoms with Crippen LogP contribution in [0.4, 0.5) is 5.82 Å². The minimum absolute atomic E-state index is 0.150. The fourth-order valence-electron chi connectivity index (χ4n) is 5.59. The lowest BCUT2D eigenvalue weighted by Crippen LogP contribution is -2.42. The van der Waals surface area contributed by atoms with Gasteiger partial charge in [0, 0.05) is 31.7 Å². The zero-order valence-corrected chi connectivity index (χ0v) is 20.2. The standard InChI is InChI=1S/C29H35N3O2/c1-34-27-13-12-22-10-11-24(19-26(22)20-27)25-14-16-31(21-25)17-18-32(28-9-5-6-15-30-28)29(33)23-7-3-2-4-8-23/h5-6,9-13,15,19-20,23,25H,2-4,7-8,14,16-18,21H2,1H3. The molecule has 1 atom stereocenters. The molecule has 5 heteroatoms. The molecule has 34 heavy (non-hydrogen) atoms. The number of likely N-dealkylation sites (tertiary alicyclic amines) is 1. The first-order valence-electron chi connectivity index (χ1n) is 12.7. The van der Waals surface area contributed by atoms with E-state index in [1.165, 1.54) is 22.8 Å². The van der Waals surface area contributed by atoms with Gasteiger partial charge in [-0.1, -0.05) is 49.6 Å². The monoisotopic (exact) mass is 457 g/mol. The van der Waals surface area contributed by atoms with E-state index in [1.54, 1.807) is 13.3 Å². The number of ether oxygens (including phenoxy) is 1. The zero-order chi connectivity index (χ0) is 23.3. The zero-order valence-electron chi connectivity index (χ0n) is 20.2. The number of methoxy groups -OCH3 is 1. The number of hydrogen-bond donors (Lipinski definition) is 0. The minimum atomic E-state index is 0.150. The topological polar surface area (TPSA) is 45.7 Å². The quantitative estimate of drug-likeness (QED) is 0.460. The number of pyridine rings is 1. The van der Waals surface area contributed by atoms with Gasteiger partial charge in [-0.05, 0) is 72.3 Å². The summed E-state index contributed by atoms with van der Waals surface area (Å²) in [4.78, 5) is 22.4. The van der Waals surface area contributed by atoms with Crippen LogP contribution >= 0.6 is 0 Å². The molecule has 1 saturated heterocycles. The highest BCUT2D eigenvalue weighted by Gasteiger charge is 2.29. The summed E-state index contributed by atoms with van der Waals surface area (Å²) in [6.45, 7) is 3.68. The summed E-state index contributed by atoms with van der Waals surface area (Å²) < 4.78 is 5.41. The van der Waals surface area contributed by atoms with Gasteiger partial charge in [0.25, 0.3) is 0 Å². The summed E-state index contributed by atoms with van der Waals surface area (Å²) in [6.07, 6.45) is 8.55. The predicted molar refractivity (Wildman–Crippen MR) is 137 cm³/mol. The first-order valence-corrected chi connectivity index (χ1v) is 12.7. The van der Waals surface area contributed by atoms with Crippen LogP contribution in [0.25, 0.3) is 10.8 Å². The third kappa shape index (κ3) is 5.10. The second kappa shape index (κ2) is 10.6. The molecule has 1 amide bonds. The van der Waals surface area contributed by atoms with Gasteiger partial charge in [-0.2, -0.15) is 0 Å². The van der Waals surface area contributed by atoms with Crippen molar-refractivity contribution in [3.05, 3.63) is 66.4 Å². The van der Waals surface area contributed by atoms with E-state index >= 15 is 0 Å². The number of anilines is 1. The first-order chi connectivity index (χ1) is 16.7. The molecule has 1 aliphatic carbocycles. The Kier molecular flexibility index (Phi) is 7.10. The smallest absolute Gasteiger partial charge is 0.231 e. The number of carbonyl (C=O) groups excluding carboxylic acids is 1. The van der Waals surface area contributed by atoms with Crippen molar-refractivity contribution >= 4 is 22.5 Å². The number of aromatic nitrogens is 1. The van der Waals surface area contributed by atoms with Crippen molar-refractivity contribution in [2.45, 2.75) is 44.4 Å². The maximum absolute atomic E-state index is 13.4. The van der Waals surface area contributed by atoms with Crippen LogP contribution in [0.5, 0.6) is 5.75 Å². The molecule has 2 fully saturated rings. The summed E-state index contributed by atoms with van der Waals surface area (Å²) in [7, 11) is 1.72. The average molecular weight is 458 g/mol. The van der Waals surface area contributed by atoms with Gasteiger partial charge in [0.15, 0.2) is 0 Å². The highest BCUT2D eigenvalue weighted by molar-refractivity contribution is 5.94. The van der Waals surface area contributed by atoms with Gasteiger partial charge in [-0.15, -0.1) is 0 Å². The van der Waals surface area contributed by atoms with Crippen LogP contribution in [0, 0.1) is 5.92 Å². The fraction of sp³-hybridized carbons (Fsp3) is 0.448. The molecule has 5 nitrogen and oxygen atoms in total. The fourth-order valence-corrected chi connectivity index (χ4v) is 5.59. The van der Waals surface area contributed by atoms with Crippen molar-refractivity contribution in [3.63, 3.8) is 0 Å². The highest BCUT2D eigenvalue weighted by atomic mass is 16.5. The van der Waals surface area contributed by atoms with Crippen molar-refractivity contribution in [2.24, 2.45) is 5.92 Å². The van der Waals surface area contributed by atoms with E-state index in [0.717, 1.165) is 63.3 Å². The molecule has 0 spiro atoms. The Morgan fingerprint density at radius 2 is 1.88 bits per heavy atom. The minimum Gasteiger partial charge on any atom is -0.497 e. The number of rotatable bonds is 7. The molecule has 1 aromatic heterocycles. The van der Waals surface area contributed by atoms with Crippen molar-refractivity contribution < 1.29 is 9.53 Å². The number of fused-ring (bicyclic) bond motifs is 1. The Labute approximate surface area is 202 Å². The Balaban J connectivity index is 1.25. The first kappa shape index (κ1) is 22.9. The summed E-state index contributed by atoms with van der Waals surface area (Å²) in [5.41, 5.74) is 1.39. The second-order valence-corrected chi connectivity index (χ2v) is 9.77. The van der Waals surface area contributed by atoms with Gasteiger partial charge < -0.3 is 9.64 Å². The highest BCUT2D eigenvalue weighted by Crippen LogP contribution is 2.31. The van der Waals surface area contributed by atoms with E-state index in [2.05, 4.69) is 40.2 Å². The normalized spacial score (nSPS) is 19.4. The summed E-state index contributed by atoms with van der Waals surface area (Å²) in [6, 6.07) is 18.9. The van der Waals surface area contributed by atoms with Crippen LogP contribution in [0.3, 0.4) is 0 Å². The summed E-state index contributed by atoms with van der Waals surface area (Å²) in [5.74, 6) is 2.62. The molecule has 2 aliphatic rings. The molecule has 5 rings (SSSR count). The lowest BCUT2D eigenvalue weighted by molar-refractivity contribution is -0.123. The van der Waals surface area contributed by atoms with E-state index in [9.17, 15) is 4.79 Å². The summed E-state index contributed by atoms with van der Waals surface area (Å²) >= 11 is 0. The van der Waals surface area contributed by atoms with Gasteiger partial charge >= 0.3 is 0 Å². The van der Waals surface area contributed by atoms with Crippen molar-refractivity contribution in [1.82, 2.24) is 9.88 Å². The molecule has 2 aromatic carbocycles. The Morgan fingerprint density at radius 3 is 2.68 bits per heavy atom. The van der Waals surface area contributed by atoms with E-state index in [-0.39, 0.29) is 11.8 Å². The largest absolute Gasteiger partial charge is 0.497 e. The van der Waals surface area contributed by atoms with E-state index in [4.69, 9.17) is 4.74 Å². The second-order valence-electron chi connectivity index (χ2n) is 9.77. The van der Waals surface area contributed by atoms with Crippen molar-refractivity contribution in [2.75, 3.05) is 38.2 Å². The van der Waals surface area contributed by atoms with Crippen LogP contribution in [0.15, 0.2) is 60.8 Å². The third-order valence-corrected chi connectivity index (χ3v) is 7.60. The van der Waals surface area contributed by atoms with Crippen LogP contribution in [0.1, 0.15) is 50.0 Å². The third-order valence-electron chi connectivity index (χ3n) is 7.60. The Morgan fingerprint density at radius 1 is 1.03 bits per heavy atom. The van der Waals surface area contributed by atoms with Gasteiger partial charge in [0.1, 0.15) is 11.6 Å². The Bertz CT molecular complexity index is 1110. The van der Waals surface area contributed by atoms with Crippen LogP contribution in [0.2, 0.25) is 0 Å². The molecule has 0 N–H and O–H groups in total. The van der Waals surface area contributed by atoms with E-state index < -0.39 is 0 Å². The van der Waals surface area contributed by atoms with Crippen LogP contribution in [-0.4, -0.2) is 49.1 Å². The van der Waals surface area contributed by atoms with Gasteiger partial charge in [-0.3, -0.25) is 9.69 Å². The van der Waals surface area contributed by atoms with Gasteiger partial charge in [0.05, 0.1) is 7.11 Å². The molecule has 0 bridgehead atoms. The molecule has 0 radical (unpaired) electrons. The number of benzene rings is 2. The van der Waals surface area contributed by atoms with Gasteiger partial charge in [-0.25, -0.2) is 4.98 Å². The summed E-state index contributed by atoms with van der Waals surface area (Å²) in [5, 5.41) is 2.47. The number of nitrogens with zero attached hydrogens (tertiary/aromatic N) is 3. The van der Waals surface area contributed by atoms with E-state index in [0.29, 0.717) is 12.5 Å². The molecule has 1 saturated carbocycles. The van der Waals surface area contributed by atoms with Gasteiger partial charge in [0.2, 0.25) is 5.91 Å². The van der Waals surface area contributed by atoms with Crippen molar-refractivity contribution in [1.29, 1.82) is 0 Å². The number of carbonyl (C=O) groups is 1. The lowest BCUT2D eigenvalue weighted by atomic mass is 9.88. The SMILES string of the molecule is COc1ccc2ccc(C3CCN(CCN(C(=O)C4CCCCC4)c4ccccn4)C3)cc2c1. The molecule has 2 heterocycles. The lowest BCUT2D eigenvalue weighted by Gasteiger charge is -2.30. The predicted octanol–water partition coefficient (Wildman–Crippen LogP) is 5.65. The Hall–Kier alpha value is -2.92. The molecule has 1 aliphatic heterocycles.